The number of hydrogen-bond acceptors (Lipinski definition) is 3. The number of halogens is 1. The molecule has 0 aliphatic carbocycles. The molecular formula is C23H27FN4O2. The van der Waals surface area contributed by atoms with Crippen LogP contribution in [0.3, 0.4) is 0 Å². The van der Waals surface area contributed by atoms with Gasteiger partial charge in [-0.25, -0.2) is 9.18 Å². The number of carbonyl (C=O) groups excluding carboxylic acids is 1. The van der Waals surface area contributed by atoms with Crippen molar-refractivity contribution in [1.82, 2.24) is 19.4 Å². The SMILES string of the molecule is CC(=O)NC1(c2ccccc2F)CCN(Cc2ccc3c(c2)n(C)c(=O)n3C)CC1. The van der Waals surface area contributed by atoms with Gasteiger partial charge < -0.3 is 5.32 Å². The predicted octanol–water partition coefficient (Wildman–Crippen LogP) is 2.64. The van der Waals surface area contributed by atoms with Crippen molar-refractivity contribution in [3.05, 3.63) is 69.9 Å². The van der Waals surface area contributed by atoms with Gasteiger partial charge in [0.2, 0.25) is 5.91 Å². The first-order valence-corrected chi connectivity index (χ1v) is 10.2. The minimum atomic E-state index is -0.680. The number of fused-ring (bicyclic) bond motifs is 1. The molecule has 1 aliphatic rings. The van der Waals surface area contributed by atoms with E-state index in [9.17, 15) is 14.0 Å². The Morgan fingerprint density at radius 3 is 2.40 bits per heavy atom. The minimum absolute atomic E-state index is 0.0369. The molecule has 1 N–H and O–H groups in total. The summed E-state index contributed by atoms with van der Waals surface area (Å²) < 4.78 is 17.9. The Morgan fingerprint density at radius 2 is 1.73 bits per heavy atom. The van der Waals surface area contributed by atoms with Crippen molar-refractivity contribution in [2.24, 2.45) is 14.1 Å². The molecule has 3 aromatic rings. The summed E-state index contributed by atoms with van der Waals surface area (Å²) >= 11 is 0. The van der Waals surface area contributed by atoms with Gasteiger partial charge in [-0.3, -0.25) is 18.8 Å². The molecule has 4 rings (SSSR count). The molecule has 0 atom stereocenters. The number of nitrogens with one attached hydrogen (secondary N) is 1. The van der Waals surface area contributed by atoms with E-state index in [1.807, 2.05) is 18.2 Å². The van der Waals surface area contributed by atoms with Crippen LogP contribution in [-0.2, 0) is 31.0 Å². The maximum absolute atomic E-state index is 14.5. The molecule has 0 spiro atoms. The van der Waals surface area contributed by atoms with Crippen LogP contribution in [0.5, 0.6) is 0 Å². The van der Waals surface area contributed by atoms with Gasteiger partial charge in [-0.1, -0.05) is 24.3 Å². The van der Waals surface area contributed by atoms with Crippen LogP contribution in [0.1, 0.15) is 30.9 Å². The highest BCUT2D eigenvalue weighted by Crippen LogP contribution is 2.35. The van der Waals surface area contributed by atoms with Crippen molar-refractivity contribution in [3.63, 3.8) is 0 Å². The number of aromatic nitrogens is 2. The highest BCUT2D eigenvalue weighted by atomic mass is 19.1. The number of likely N-dealkylation sites (tertiary alicyclic amines) is 1. The summed E-state index contributed by atoms with van der Waals surface area (Å²) in [5, 5.41) is 3.03. The monoisotopic (exact) mass is 410 g/mol. The minimum Gasteiger partial charge on any atom is -0.347 e. The molecule has 1 aliphatic heterocycles. The smallest absolute Gasteiger partial charge is 0.328 e. The van der Waals surface area contributed by atoms with Gasteiger partial charge in [-0.05, 0) is 36.6 Å². The fourth-order valence-electron chi connectivity index (χ4n) is 4.65. The Bertz CT molecular complexity index is 1160. The molecule has 0 saturated carbocycles. The third-order valence-corrected chi connectivity index (χ3v) is 6.26. The predicted molar refractivity (Wildman–Crippen MR) is 115 cm³/mol. The summed E-state index contributed by atoms with van der Waals surface area (Å²) in [5.74, 6) is -0.433. The summed E-state index contributed by atoms with van der Waals surface area (Å²) in [6, 6.07) is 12.8. The maximum atomic E-state index is 14.5. The number of rotatable bonds is 4. The van der Waals surface area contributed by atoms with E-state index in [0.717, 1.165) is 36.2 Å². The van der Waals surface area contributed by atoms with Crippen molar-refractivity contribution in [2.45, 2.75) is 31.8 Å². The molecule has 1 amide bonds. The molecule has 0 radical (unpaired) electrons. The highest BCUT2D eigenvalue weighted by molar-refractivity contribution is 5.77. The van der Waals surface area contributed by atoms with Crippen molar-refractivity contribution in [3.8, 4) is 0 Å². The van der Waals surface area contributed by atoms with Crippen LogP contribution in [0.25, 0.3) is 11.0 Å². The second-order valence-corrected chi connectivity index (χ2v) is 8.24. The zero-order chi connectivity index (χ0) is 21.5. The zero-order valence-corrected chi connectivity index (χ0v) is 17.6. The van der Waals surface area contributed by atoms with Crippen LogP contribution in [0.2, 0.25) is 0 Å². The standard InChI is InChI=1S/C23H27FN4O2/c1-16(29)25-23(18-6-4-5-7-19(18)24)10-12-28(13-11-23)15-17-8-9-20-21(14-17)27(3)22(30)26(20)2/h4-9,14H,10-13,15H2,1-3H3,(H,25,29). The van der Waals surface area contributed by atoms with Gasteiger partial charge in [0.05, 0.1) is 16.6 Å². The Labute approximate surface area is 174 Å². The van der Waals surface area contributed by atoms with Gasteiger partial charge in [0.15, 0.2) is 0 Å². The summed E-state index contributed by atoms with van der Waals surface area (Å²) in [7, 11) is 3.56. The average Bonchev–Trinajstić information content (AvgIpc) is 2.93. The van der Waals surface area contributed by atoms with Crippen molar-refractivity contribution < 1.29 is 9.18 Å². The van der Waals surface area contributed by atoms with Gasteiger partial charge in [-0.2, -0.15) is 0 Å². The molecule has 7 heteroatoms. The van der Waals surface area contributed by atoms with E-state index in [1.165, 1.54) is 13.0 Å². The van der Waals surface area contributed by atoms with Gasteiger partial charge in [-0.15, -0.1) is 0 Å². The highest BCUT2D eigenvalue weighted by Gasteiger charge is 2.38. The molecule has 1 saturated heterocycles. The quantitative estimate of drug-likeness (QED) is 0.719. The van der Waals surface area contributed by atoms with E-state index in [-0.39, 0.29) is 17.4 Å². The van der Waals surface area contributed by atoms with Gasteiger partial charge in [0.25, 0.3) is 0 Å². The Morgan fingerprint density at radius 1 is 1.07 bits per heavy atom. The number of hydrogen-bond donors (Lipinski definition) is 1. The molecule has 158 valence electrons. The zero-order valence-electron chi connectivity index (χ0n) is 17.6. The Balaban J connectivity index is 1.54. The second-order valence-electron chi connectivity index (χ2n) is 8.24. The van der Waals surface area contributed by atoms with E-state index >= 15 is 0 Å². The summed E-state index contributed by atoms with van der Waals surface area (Å²) in [6.45, 7) is 3.70. The molecule has 0 bridgehead atoms. The summed E-state index contributed by atoms with van der Waals surface area (Å²) in [6.07, 6.45) is 1.28. The molecule has 6 nitrogen and oxygen atoms in total. The fourth-order valence-corrected chi connectivity index (χ4v) is 4.65. The van der Waals surface area contributed by atoms with E-state index < -0.39 is 5.54 Å². The average molecular weight is 410 g/mol. The molecule has 2 heterocycles. The number of piperidine rings is 1. The van der Waals surface area contributed by atoms with Crippen LogP contribution >= 0.6 is 0 Å². The summed E-state index contributed by atoms with van der Waals surface area (Å²) in [5.41, 5.74) is 2.79. The topological polar surface area (TPSA) is 59.3 Å². The first-order valence-electron chi connectivity index (χ1n) is 10.2. The number of imidazole rings is 1. The molecule has 2 aromatic carbocycles. The number of amides is 1. The largest absolute Gasteiger partial charge is 0.347 e. The first kappa shape index (κ1) is 20.3. The van der Waals surface area contributed by atoms with E-state index in [1.54, 1.807) is 35.4 Å². The normalized spacial score (nSPS) is 16.7. The lowest BCUT2D eigenvalue weighted by Crippen LogP contribution is -2.52. The van der Waals surface area contributed by atoms with E-state index in [0.29, 0.717) is 18.4 Å². The van der Waals surface area contributed by atoms with Crippen molar-refractivity contribution in [1.29, 1.82) is 0 Å². The Kier molecular flexibility index (Phi) is 5.24. The lowest BCUT2D eigenvalue weighted by atomic mass is 9.80. The molecule has 30 heavy (non-hydrogen) atoms. The third kappa shape index (κ3) is 3.54. The van der Waals surface area contributed by atoms with Crippen LogP contribution < -0.4 is 11.0 Å². The number of carbonyl (C=O) groups is 1. The van der Waals surface area contributed by atoms with Crippen molar-refractivity contribution in [2.75, 3.05) is 13.1 Å². The maximum Gasteiger partial charge on any atom is 0.328 e. The molecule has 1 fully saturated rings. The van der Waals surface area contributed by atoms with Crippen molar-refractivity contribution >= 4 is 16.9 Å². The number of aryl methyl sites for hydroxylation is 2. The van der Waals surface area contributed by atoms with Gasteiger partial charge in [0.1, 0.15) is 5.82 Å². The first-order chi connectivity index (χ1) is 14.3. The fraction of sp³-hybridized carbons (Fsp3) is 0.391. The Hall–Kier alpha value is -2.93. The summed E-state index contributed by atoms with van der Waals surface area (Å²) in [4.78, 5) is 26.4. The van der Waals surface area contributed by atoms with E-state index in [2.05, 4.69) is 16.3 Å². The van der Waals surface area contributed by atoms with Gasteiger partial charge >= 0.3 is 5.69 Å². The van der Waals surface area contributed by atoms with Crippen LogP contribution in [-0.4, -0.2) is 33.0 Å². The number of benzene rings is 2. The molecule has 0 unspecified atom stereocenters. The lowest BCUT2D eigenvalue weighted by molar-refractivity contribution is -0.121. The third-order valence-electron chi connectivity index (χ3n) is 6.26. The number of nitrogens with zero attached hydrogens (tertiary/aromatic N) is 3. The second kappa shape index (κ2) is 7.72. The lowest BCUT2D eigenvalue weighted by Gasteiger charge is -2.42. The van der Waals surface area contributed by atoms with Crippen LogP contribution in [0, 0.1) is 5.82 Å². The van der Waals surface area contributed by atoms with E-state index in [4.69, 9.17) is 0 Å². The molecule has 1 aromatic heterocycles. The van der Waals surface area contributed by atoms with Gasteiger partial charge in [0, 0.05) is 46.2 Å². The molecular weight excluding hydrogens is 383 g/mol. The van der Waals surface area contributed by atoms with Crippen LogP contribution in [0.15, 0.2) is 47.3 Å². The van der Waals surface area contributed by atoms with Crippen LogP contribution in [0.4, 0.5) is 4.39 Å².